The molecule has 1 fully saturated rings. The summed E-state index contributed by atoms with van der Waals surface area (Å²) in [7, 11) is 0. The number of benzene rings is 1. The summed E-state index contributed by atoms with van der Waals surface area (Å²) in [5.41, 5.74) is 0.813. The van der Waals surface area contributed by atoms with E-state index in [-0.39, 0.29) is 42.5 Å². The maximum atomic E-state index is 12.7. The minimum atomic E-state index is -4.32. The number of nitrogens with one attached hydrogen (secondary N) is 3. The van der Waals surface area contributed by atoms with Crippen molar-refractivity contribution < 1.29 is 18.0 Å². The molecular formula is C22H28F3IN6O. The third-order valence-electron chi connectivity index (χ3n) is 4.97. The van der Waals surface area contributed by atoms with Gasteiger partial charge in [0.05, 0.1) is 17.4 Å². The van der Waals surface area contributed by atoms with E-state index >= 15 is 0 Å². The molecule has 1 aromatic carbocycles. The number of hydrogen-bond donors (Lipinski definition) is 3. The summed E-state index contributed by atoms with van der Waals surface area (Å²) in [4.78, 5) is 22.6. The Kier molecular flexibility index (Phi) is 10.4. The van der Waals surface area contributed by atoms with Crippen LogP contribution in [-0.4, -0.2) is 54.0 Å². The van der Waals surface area contributed by atoms with Crippen molar-refractivity contribution in [1.29, 1.82) is 0 Å². The Morgan fingerprint density at radius 3 is 2.64 bits per heavy atom. The first kappa shape index (κ1) is 26.8. The predicted molar refractivity (Wildman–Crippen MR) is 133 cm³/mol. The summed E-state index contributed by atoms with van der Waals surface area (Å²) in [6, 6.07) is 8.90. The monoisotopic (exact) mass is 576 g/mol. The van der Waals surface area contributed by atoms with Gasteiger partial charge in [0.1, 0.15) is 6.54 Å². The number of rotatable bonds is 7. The number of nitrogens with zero attached hydrogens (tertiary/aromatic N) is 3. The molecule has 3 N–H and O–H groups in total. The molecule has 1 atom stereocenters. The van der Waals surface area contributed by atoms with Gasteiger partial charge in [-0.25, -0.2) is 4.99 Å². The number of pyridine rings is 1. The molecule has 0 spiro atoms. The molecule has 0 radical (unpaired) electrons. The van der Waals surface area contributed by atoms with Gasteiger partial charge in [-0.15, -0.1) is 24.0 Å². The van der Waals surface area contributed by atoms with E-state index in [1.807, 2.05) is 6.92 Å². The number of amides is 1. The van der Waals surface area contributed by atoms with Crippen molar-refractivity contribution in [3.05, 3.63) is 59.9 Å². The fraction of sp³-hybridized carbons (Fsp3) is 0.409. The number of carbonyl (C=O) groups excluding carboxylic acids is 1. The lowest BCUT2D eigenvalue weighted by atomic mass is 10.1. The number of guanidine groups is 1. The van der Waals surface area contributed by atoms with Crippen LogP contribution in [0, 0.1) is 0 Å². The minimum absolute atomic E-state index is 0. The third kappa shape index (κ3) is 8.80. The molecule has 1 aliphatic rings. The lowest BCUT2D eigenvalue weighted by molar-refractivity contribution is -0.137. The first-order valence-electron chi connectivity index (χ1n) is 10.5. The first-order chi connectivity index (χ1) is 15.3. The molecule has 11 heteroatoms. The second kappa shape index (κ2) is 12.7. The van der Waals surface area contributed by atoms with Crippen LogP contribution in [0.3, 0.4) is 0 Å². The van der Waals surface area contributed by atoms with Gasteiger partial charge in [0.15, 0.2) is 5.96 Å². The SMILES string of the molecule is CCNC(=NCC(=O)Nc1cccnc1)NC1CCN(Cc2ccc(C(F)(F)F)cc2)C1.I. The Morgan fingerprint density at radius 1 is 1.24 bits per heavy atom. The Balaban J connectivity index is 0.00000385. The first-order valence-corrected chi connectivity index (χ1v) is 10.5. The van der Waals surface area contributed by atoms with Gasteiger partial charge >= 0.3 is 6.18 Å². The number of aliphatic imine (C=N–C) groups is 1. The Bertz CT molecular complexity index is 909. The number of hydrogen-bond acceptors (Lipinski definition) is 4. The van der Waals surface area contributed by atoms with E-state index in [2.05, 4.69) is 30.8 Å². The molecule has 0 aliphatic carbocycles. The summed E-state index contributed by atoms with van der Waals surface area (Å²) in [5.74, 6) is 0.306. The number of aromatic nitrogens is 1. The van der Waals surface area contributed by atoms with E-state index in [1.165, 1.54) is 12.1 Å². The fourth-order valence-corrected chi connectivity index (χ4v) is 3.45. The highest BCUT2D eigenvalue weighted by atomic mass is 127. The normalized spacial score (nSPS) is 16.7. The highest BCUT2D eigenvalue weighted by molar-refractivity contribution is 14.0. The van der Waals surface area contributed by atoms with Crippen LogP contribution in [0.25, 0.3) is 0 Å². The predicted octanol–water partition coefficient (Wildman–Crippen LogP) is 3.49. The number of alkyl halides is 3. The highest BCUT2D eigenvalue weighted by Crippen LogP contribution is 2.29. The van der Waals surface area contributed by atoms with E-state index in [0.717, 1.165) is 37.2 Å². The molecule has 0 saturated carbocycles. The molecule has 1 aliphatic heterocycles. The standard InChI is InChI=1S/C22H27F3N6O.HI/c1-2-27-21(28-13-20(32)29-18-4-3-10-26-12-18)30-19-9-11-31(15-19)14-16-5-7-17(8-6-16)22(23,24)25;/h3-8,10,12,19H,2,9,11,13-15H2,1H3,(H,29,32)(H2,27,28,30);1H. The maximum Gasteiger partial charge on any atom is 0.416 e. The molecule has 3 rings (SSSR count). The minimum Gasteiger partial charge on any atom is -0.357 e. The lowest BCUT2D eigenvalue weighted by Crippen LogP contribution is -2.45. The number of halogens is 4. The van der Waals surface area contributed by atoms with Gasteiger partial charge < -0.3 is 16.0 Å². The largest absolute Gasteiger partial charge is 0.416 e. The van der Waals surface area contributed by atoms with Crippen molar-refractivity contribution in [2.75, 3.05) is 31.5 Å². The lowest BCUT2D eigenvalue weighted by Gasteiger charge is -2.19. The average molecular weight is 576 g/mol. The molecule has 1 unspecified atom stereocenters. The number of likely N-dealkylation sites (tertiary alicyclic amines) is 1. The zero-order valence-electron chi connectivity index (χ0n) is 18.2. The maximum absolute atomic E-state index is 12.7. The third-order valence-corrected chi connectivity index (χ3v) is 4.97. The Hall–Kier alpha value is -2.41. The van der Waals surface area contributed by atoms with Crippen LogP contribution in [0.4, 0.5) is 18.9 Å². The fourth-order valence-electron chi connectivity index (χ4n) is 3.45. The molecule has 7 nitrogen and oxygen atoms in total. The van der Waals surface area contributed by atoms with Crippen molar-refractivity contribution in [3.8, 4) is 0 Å². The van der Waals surface area contributed by atoms with Crippen LogP contribution >= 0.6 is 24.0 Å². The Labute approximate surface area is 208 Å². The van der Waals surface area contributed by atoms with Crippen LogP contribution in [0.2, 0.25) is 0 Å². The van der Waals surface area contributed by atoms with Crippen molar-refractivity contribution in [1.82, 2.24) is 20.5 Å². The van der Waals surface area contributed by atoms with E-state index in [4.69, 9.17) is 0 Å². The van der Waals surface area contributed by atoms with Gasteiger partial charge in [0.2, 0.25) is 5.91 Å². The van der Waals surface area contributed by atoms with Crippen LogP contribution in [0.15, 0.2) is 53.8 Å². The highest BCUT2D eigenvalue weighted by Gasteiger charge is 2.30. The van der Waals surface area contributed by atoms with Gasteiger partial charge in [-0.3, -0.25) is 14.7 Å². The molecule has 1 aromatic heterocycles. The van der Waals surface area contributed by atoms with E-state index in [1.54, 1.807) is 24.5 Å². The van der Waals surface area contributed by atoms with Gasteiger partial charge in [-0.2, -0.15) is 13.2 Å². The summed E-state index contributed by atoms with van der Waals surface area (Å²) in [6.45, 7) is 4.69. The van der Waals surface area contributed by atoms with E-state index in [0.29, 0.717) is 24.7 Å². The quantitative estimate of drug-likeness (QED) is 0.267. The number of carbonyl (C=O) groups is 1. The summed E-state index contributed by atoms with van der Waals surface area (Å²) in [6.07, 6.45) is -0.261. The van der Waals surface area contributed by atoms with E-state index < -0.39 is 11.7 Å². The second-order valence-corrected chi connectivity index (χ2v) is 7.54. The van der Waals surface area contributed by atoms with Crippen LogP contribution in [0.1, 0.15) is 24.5 Å². The van der Waals surface area contributed by atoms with Crippen molar-refractivity contribution in [2.45, 2.75) is 32.1 Å². The molecular weight excluding hydrogens is 548 g/mol. The van der Waals surface area contributed by atoms with Gasteiger partial charge in [-0.05, 0) is 43.2 Å². The van der Waals surface area contributed by atoms with Crippen molar-refractivity contribution in [3.63, 3.8) is 0 Å². The molecule has 2 aromatic rings. The van der Waals surface area contributed by atoms with Crippen LogP contribution in [-0.2, 0) is 17.5 Å². The average Bonchev–Trinajstić information content (AvgIpc) is 3.19. The summed E-state index contributed by atoms with van der Waals surface area (Å²) >= 11 is 0. The van der Waals surface area contributed by atoms with Gasteiger partial charge in [0.25, 0.3) is 0 Å². The topological polar surface area (TPSA) is 81.6 Å². The number of anilines is 1. The van der Waals surface area contributed by atoms with Crippen molar-refractivity contribution >= 4 is 41.5 Å². The Morgan fingerprint density at radius 2 is 2.00 bits per heavy atom. The molecule has 0 bridgehead atoms. The van der Waals surface area contributed by atoms with Crippen LogP contribution < -0.4 is 16.0 Å². The molecule has 33 heavy (non-hydrogen) atoms. The smallest absolute Gasteiger partial charge is 0.357 e. The zero-order valence-corrected chi connectivity index (χ0v) is 20.6. The van der Waals surface area contributed by atoms with E-state index in [9.17, 15) is 18.0 Å². The van der Waals surface area contributed by atoms with Crippen LogP contribution in [0.5, 0.6) is 0 Å². The van der Waals surface area contributed by atoms with Gasteiger partial charge in [0, 0.05) is 38.4 Å². The van der Waals surface area contributed by atoms with Gasteiger partial charge in [-0.1, -0.05) is 12.1 Å². The van der Waals surface area contributed by atoms with Crippen molar-refractivity contribution in [2.24, 2.45) is 4.99 Å². The molecule has 1 amide bonds. The molecule has 180 valence electrons. The molecule has 1 saturated heterocycles. The zero-order chi connectivity index (χ0) is 23.0. The summed E-state index contributed by atoms with van der Waals surface area (Å²) < 4.78 is 38.2. The molecule has 2 heterocycles. The summed E-state index contributed by atoms with van der Waals surface area (Å²) in [5, 5.41) is 9.21. The second-order valence-electron chi connectivity index (χ2n) is 7.54.